The van der Waals surface area contributed by atoms with Gasteiger partial charge >= 0.3 is 0 Å². The van der Waals surface area contributed by atoms with Crippen molar-refractivity contribution >= 4 is 33.3 Å². The van der Waals surface area contributed by atoms with E-state index in [1.807, 2.05) is 0 Å². The predicted octanol–water partition coefficient (Wildman–Crippen LogP) is 1.45. The first-order valence-corrected chi connectivity index (χ1v) is 10.1. The Kier molecular flexibility index (Phi) is 5.29. The van der Waals surface area contributed by atoms with Crippen LogP contribution >= 0.6 is 0 Å². The van der Waals surface area contributed by atoms with E-state index in [1.165, 1.54) is 35.0 Å². The van der Waals surface area contributed by atoms with Crippen LogP contribution < -0.4 is 15.8 Å². The summed E-state index contributed by atoms with van der Waals surface area (Å²) in [6.45, 7) is 0. The van der Waals surface area contributed by atoms with Gasteiger partial charge in [0, 0.05) is 24.7 Å². The second-order valence-electron chi connectivity index (χ2n) is 6.53. The molecule has 0 atom stereocenters. The van der Waals surface area contributed by atoms with Crippen LogP contribution in [-0.2, 0) is 21.9 Å². The first-order chi connectivity index (χ1) is 12.7. The molecule has 3 rings (SSSR count). The van der Waals surface area contributed by atoms with Crippen LogP contribution in [0.4, 0.5) is 11.5 Å². The monoisotopic (exact) mass is 391 g/mol. The number of amides is 2. The molecule has 1 heterocycles. The molecule has 1 aromatic heterocycles. The molecule has 1 fully saturated rings. The summed E-state index contributed by atoms with van der Waals surface area (Å²) in [6, 6.07) is 6.97. The fraction of sp³-hybridized carbons (Fsp3) is 0.353. The second-order valence-corrected chi connectivity index (χ2v) is 8.09. The van der Waals surface area contributed by atoms with Gasteiger partial charge in [0.05, 0.1) is 4.90 Å². The molecule has 1 aromatic carbocycles. The lowest BCUT2D eigenvalue weighted by atomic mass is 10.1. The van der Waals surface area contributed by atoms with Crippen molar-refractivity contribution in [1.29, 1.82) is 0 Å². The highest BCUT2D eigenvalue weighted by Crippen LogP contribution is 2.26. The number of aryl methyl sites for hydroxylation is 1. The maximum absolute atomic E-state index is 12.4. The topological polar surface area (TPSA) is 136 Å². The number of carbonyl (C=O) groups is 2. The Balaban J connectivity index is 1.67. The minimum absolute atomic E-state index is 0.00881. The maximum Gasteiger partial charge on any atom is 0.276 e. The quantitative estimate of drug-likeness (QED) is 0.708. The SMILES string of the molecule is Cn1nc(C(=O)Nc2ccc(S(N)(=O)=O)cc2)cc1NC(=O)C1CCCC1. The molecule has 1 aliphatic rings. The molecule has 0 spiro atoms. The fourth-order valence-electron chi connectivity index (χ4n) is 3.03. The van der Waals surface area contributed by atoms with Crippen LogP contribution in [0.1, 0.15) is 36.2 Å². The molecule has 0 unspecified atom stereocenters. The van der Waals surface area contributed by atoms with Gasteiger partial charge in [0.1, 0.15) is 5.82 Å². The van der Waals surface area contributed by atoms with Crippen LogP contribution in [0.15, 0.2) is 35.2 Å². The lowest BCUT2D eigenvalue weighted by molar-refractivity contribution is -0.119. The summed E-state index contributed by atoms with van der Waals surface area (Å²) in [5, 5.41) is 14.6. The largest absolute Gasteiger partial charge is 0.321 e. The number of aromatic nitrogens is 2. The van der Waals surface area contributed by atoms with Crippen LogP contribution in [0.25, 0.3) is 0 Å². The van der Waals surface area contributed by atoms with Gasteiger partial charge in [0.25, 0.3) is 5.91 Å². The molecule has 0 bridgehead atoms. The van der Waals surface area contributed by atoms with Crippen molar-refractivity contribution in [1.82, 2.24) is 9.78 Å². The van der Waals surface area contributed by atoms with E-state index in [9.17, 15) is 18.0 Å². The van der Waals surface area contributed by atoms with Gasteiger partial charge in [0.15, 0.2) is 5.69 Å². The molecule has 1 aliphatic carbocycles. The van der Waals surface area contributed by atoms with Crippen molar-refractivity contribution in [2.24, 2.45) is 18.1 Å². The molecule has 1 saturated carbocycles. The normalized spacial score (nSPS) is 14.9. The predicted molar refractivity (Wildman–Crippen MR) is 99.6 cm³/mol. The number of anilines is 2. The molecule has 0 radical (unpaired) electrons. The lowest BCUT2D eigenvalue weighted by Gasteiger charge is -2.09. The first kappa shape index (κ1) is 19.1. The van der Waals surface area contributed by atoms with Gasteiger partial charge in [-0.1, -0.05) is 12.8 Å². The van der Waals surface area contributed by atoms with E-state index in [-0.39, 0.29) is 22.4 Å². The van der Waals surface area contributed by atoms with Gasteiger partial charge in [-0.25, -0.2) is 13.6 Å². The van der Waals surface area contributed by atoms with Crippen LogP contribution in [0.2, 0.25) is 0 Å². The van der Waals surface area contributed by atoms with Gasteiger partial charge in [-0.3, -0.25) is 14.3 Å². The Morgan fingerprint density at radius 1 is 1.15 bits per heavy atom. The maximum atomic E-state index is 12.4. The molecule has 27 heavy (non-hydrogen) atoms. The Labute approximate surface area is 157 Å². The molecule has 2 amide bonds. The minimum Gasteiger partial charge on any atom is -0.321 e. The Bertz CT molecular complexity index is 960. The van der Waals surface area contributed by atoms with E-state index in [1.54, 1.807) is 7.05 Å². The number of hydrogen-bond acceptors (Lipinski definition) is 5. The van der Waals surface area contributed by atoms with Crippen LogP contribution in [0.3, 0.4) is 0 Å². The van der Waals surface area contributed by atoms with Gasteiger partial charge in [-0.2, -0.15) is 5.10 Å². The van der Waals surface area contributed by atoms with E-state index < -0.39 is 15.9 Å². The minimum atomic E-state index is -3.79. The summed E-state index contributed by atoms with van der Waals surface area (Å²) in [5.41, 5.74) is 0.532. The van der Waals surface area contributed by atoms with E-state index in [4.69, 9.17) is 5.14 Å². The summed E-state index contributed by atoms with van der Waals surface area (Å²) in [5.74, 6) is -0.0764. The highest BCUT2D eigenvalue weighted by Gasteiger charge is 2.24. The fourth-order valence-corrected chi connectivity index (χ4v) is 3.55. The number of primary sulfonamides is 1. The smallest absolute Gasteiger partial charge is 0.276 e. The highest BCUT2D eigenvalue weighted by molar-refractivity contribution is 7.89. The second kappa shape index (κ2) is 7.49. The third-order valence-corrected chi connectivity index (χ3v) is 5.46. The zero-order chi connectivity index (χ0) is 19.6. The number of rotatable bonds is 5. The van der Waals surface area contributed by atoms with Crippen LogP contribution in [-0.4, -0.2) is 30.0 Å². The average molecular weight is 391 g/mol. The number of nitrogens with zero attached hydrogens (tertiary/aromatic N) is 2. The number of carbonyl (C=O) groups excluding carboxylic acids is 2. The summed E-state index contributed by atoms with van der Waals surface area (Å²) in [4.78, 5) is 24.6. The Morgan fingerprint density at radius 3 is 2.37 bits per heavy atom. The zero-order valence-corrected chi connectivity index (χ0v) is 15.6. The zero-order valence-electron chi connectivity index (χ0n) is 14.8. The summed E-state index contributed by atoms with van der Waals surface area (Å²) >= 11 is 0. The lowest BCUT2D eigenvalue weighted by Crippen LogP contribution is -2.21. The number of hydrogen-bond donors (Lipinski definition) is 3. The van der Waals surface area contributed by atoms with E-state index in [2.05, 4.69) is 15.7 Å². The number of sulfonamides is 1. The molecule has 4 N–H and O–H groups in total. The average Bonchev–Trinajstić information content (AvgIpc) is 3.25. The standard InChI is InChI=1S/C17H21N5O4S/c1-22-15(20-16(23)11-4-2-3-5-11)10-14(21-22)17(24)19-12-6-8-13(9-7-12)27(18,25)26/h6-11H,2-5H2,1H3,(H,19,24)(H,20,23)(H2,18,25,26). The molecule has 0 aliphatic heterocycles. The molecule has 10 heteroatoms. The third-order valence-electron chi connectivity index (χ3n) is 4.53. The molecular weight excluding hydrogens is 370 g/mol. The third kappa shape index (κ3) is 4.52. The van der Waals surface area contributed by atoms with Gasteiger partial charge < -0.3 is 10.6 Å². The molecular formula is C17H21N5O4S. The molecule has 0 saturated heterocycles. The highest BCUT2D eigenvalue weighted by atomic mass is 32.2. The van der Waals surface area contributed by atoms with Crippen molar-refractivity contribution in [3.8, 4) is 0 Å². The van der Waals surface area contributed by atoms with E-state index in [0.29, 0.717) is 11.5 Å². The summed E-state index contributed by atoms with van der Waals surface area (Å²) < 4.78 is 23.9. The molecule has 144 valence electrons. The number of nitrogens with two attached hydrogens (primary N) is 1. The first-order valence-electron chi connectivity index (χ1n) is 8.53. The van der Waals surface area contributed by atoms with Gasteiger partial charge in [-0.15, -0.1) is 0 Å². The van der Waals surface area contributed by atoms with Crippen LogP contribution in [0, 0.1) is 5.92 Å². The Hall–Kier alpha value is -2.72. The van der Waals surface area contributed by atoms with Crippen molar-refractivity contribution in [3.63, 3.8) is 0 Å². The van der Waals surface area contributed by atoms with Crippen molar-refractivity contribution in [3.05, 3.63) is 36.0 Å². The summed E-state index contributed by atoms with van der Waals surface area (Å²) in [6.07, 6.45) is 3.87. The van der Waals surface area contributed by atoms with Gasteiger partial charge in [-0.05, 0) is 37.1 Å². The molecule has 9 nitrogen and oxygen atoms in total. The Morgan fingerprint density at radius 2 is 1.78 bits per heavy atom. The van der Waals surface area contributed by atoms with Crippen LogP contribution in [0.5, 0.6) is 0 Å². The van der Waals surface area contributed by atoms with Crippen molar-refractivity contribution in [2.45, 2.75) is 30.6 Å². The van der Waals surface area contributed by atoms with Crippen molar-refractivity contribution < 1.29 is 18.0 Å². The van der Waals surface area contributed by atoms with E-state index in [0.717, 1.165) is 25.7 Å². The molecule has 2 aromatic rings. The van der Waals surface area contributed by atoms with Crippen molar-refractivity contribution in [2.75, 3.05) is 10.6 Å². The van der Waals surface area contributed by atoms with Gasteiger partial charge in [0.2, 0.25) is 15.9 Å². The number of nitrogens with one attached hydrogen (secondary N) is 2. The number of benzene rings is 1. The summed E-state index contributed by atoms with van der Waals surface area (Å²) in [7, 11) is -2.15. The van der Waals surface area contributed by atoms with E-state index >= 15 is 0 Å².